The van der Waals surface area contributed by atoms with Crippen LogP contribution in [-0.4, -0.2) is 19.7 Å². The fourth-order valence-electron chi connectivity index (χ4n) is 1.70. The van der Waals surface area contributed by atoms with Gasteiger partial charge in [-0.3, -0.25) is 0 Å². The molecule has 0 radical (unpaired) electrons. The molecule has 6 heteroatoms. The van der Waals surface area contributed by atoms with Crippen molar-refractivity contribution in [3.63, 3.8) is 0 Å². The predicted molar refractivity (Wildman–Crippen MR) is 62.2 cm³/mol. The summed E-state index contributed by atoms with van der Waals surface area (Å²) in [5.74, 6) is 0.498. The normalized spacial score (nSPS) is 18.5. The van der Waals surface area contributed by atoms with Gasteiger partial charge in [0.25, 0.3) is 0 Å². The van der Waals surface area contributed by atoms with E-state index in [1.165, 1.54) is 18.4 Å². The second kappa shape index (κ2) is 3.08. The van der Waals surface area contributed by atoms with E-state index in [4.69, 9.17) is 10.2 Å². The highest BCUT2D eigenvalue weighted by Gasteiger charge is 2.45. The molecule has 90 valence electrons. The van der Waals surface area contributed by atoms with Crippen molar-refractivity contribution >= 4 is 20.9 Å². The minimum Gasteiger partial charge on any atom is -0.439 e. The first-order chi connectivity index (χ1) is 7.88. The molecule has 17 heavy (non-hydrogen) atoms. The number of fused-ring (bicyclic) bond motifs is 1. The monoisotopic (exact) mass is 252 g/mol. The van der Waals surface area contributed by atoms with Gasteiger partial charge < -0.3 is 10.2 Å². The van der Waals surface area contributed by atoms with Gasteiger partial charge in [-0.1, -0.05) is 0 Å². The lowest BCUT2D eigenvalue weighted by atomic mass is 10.3. The molecule has 1 aliphatic carbocycles. The molecule has 1 fully saturated rings. The predicted octanol–water partition coefficient (Wildman–Crippen LogP) is 1.18. The summed E-state index contributed by atoms with van der Waals surface area (Å²) in [4.78, 5) is 4.51. The first-order valence-corrected chi connectivity index (χ1v) is 7.18. The molecule has 1 saturated carbocycles. The van der Waals surface area contributed by atoms with Crippen LogP contribution in [0, 0.1) is 0 Å². The van der Waals surface area contributed by atoms with E-state index in [0.717, 1.165) is 12.8 Å². The largest absolute Gasteiger partial charge is 0.439 e. The van der Waals surface area contributed by atoms with Crippen molar-refractivity contribution in [1.29, 1.82) is 0 Å². The van der Waals surface area contributed by atoms with Crippen molar-refractivity contribution in [2.45, 2.75) is 23.3 Å². The van der Waals surface area contributed by atoms with Crippen molar-refractivity contribution in [3.05, 3.63) is 24.1 Å². The minimum atomic E-state index is -3.22. The molecule has 2 aromatic rings. The van der Waals surface area contributed by atoms with Crippen LogP contribution in [0.2, 0.25) is 0 Å². The maximum absolute atomic E-state index is 11.4. The molecule has 1 heterocycles. The summed E-state index contributed by atoms with van der Waals surface area (Å²) in [6.45, 7) is 0. The number of rotatable bonds is 2. The molecule has 0 bridgehead atoms. The van der Waals surface area contributed by atoms with E-state index in [0.29, 0.717) is 17.0 Å². The van der Waals surface area contributed by atoms with Gasteiger partial charge >= 0.3 is 0 Å². The van der Waals surface area contributed by atoms with Gasteiger partial charge in [-0.25, -0.2) is 13.4 Å². The van der Waals surface area contributed by atoms with Crippen molar-refractivity contribution < 1.29 is 12.8 Å². The highest BCUT2D eigenvalue weighted by molar-refractivity contribution is 7.90. The fourth-order valence-corrected chi connectivity index (χ4v) is 2.34. The summed E-state index contributed by atoms with van der Waals surface area (Å²) in [7, 11) is -3.22. The number of hydrogen-bond acceptors (Lipinski definition) is 5. The average Bonchev–Trinajstić information content (AvgIpc) is 2.85. The van der Waals surface area contributed by atoms with Crippen molar-refractivity contribution in [2.75, 3.05) is 6.26 Å². The zero-order valence-electron chi connectivity index (χ0n) is 9.30. The van der Waals surface area contributed by atoms with Gasteiger partial charge in [-0.15, -0.1) is 0 Å². The van der Waals surface area contributed by atoms with Gasteiger partial charge in [-0.2, -0.15) is 0 Å². The topological polar surface area (TPSA) is 86.2 Å². The van der Waals surface area contributed by atoms with Crippen LogP contribution in [0.15, 0.2) is 27.5 Å². The molecule has 0 unspecified atom stereocenters. The molecular weight excluding hydrogens is 240 g/mol. The van der Waals surface area contributed by atoms with Crippen LogP contribution in [0.1, 0.15) is 18.7 Å². The Labute approximate surface area is 98.5 Å². The van der Waals surface area contributed by atoms with Crippen LogP contribution in [0.3, 0.4) is 0 Å². The van der Waals surface area contributed by atoms with Crippen LogP contribution in [0.25, 0.3) is 11.1 Å². The molecule has 0 amide bonds. The molecule has 5 nitrogen and oxygen atoms in total. The van der Waals surface area contributed by atoms with Crippen molar-refractivity contribution in [1.82, 2.24) is 4.98 Å². The van der Waals surface area contributed by atoms with Gasteiger partial charge in [0.2, 0.25) is 5.89 Å². The number of oxazole rings is 1. The maximum atomic E-state index is 11.4. The van der Waals surface area contributed by atoms with Crippen LogP contribution in [0.4, 0.5) is 0 Å². The minimum absolute atomic E-state index is 0.242. The lowest BCUT2D eigenvalue weighted by Crippen LogP contribution is -2.18. The van der Waals surface area contributed by atoms with E-state index in [2.05, 4.69) is 4.98 Å². The Morgan fingerprint density at radius 3 is 2.71 bits per heavy atom. The van der Waals surface area contributed by atoms with Gasteiger partial charge in [0.05, 0.1) is 10.4 Å². The Kier molecular flexibility index (Phi) is 1.95. The SMILES string of the molecule is CS(=O)(=O)c1ccc2oc(C3(N)CC3)nc2c1. The summed E-state index contributed by atoms with van der Waals surface area (Å²) < 4.78 is 28.4. The van der Waals surface area contributed by atoms with Crippen LogP contribution >= 0.6 is 0 Å². The highest BCUT2D eigenvalue weighted by Crippen LogP contribution is 2.43. The van der Waals surface area contributed by atoms with E-state index in [-0.39, 0.29) is 4.90 Å². The van der Waals surface area contributed by atoms with E-state index < -0.39 is 15.4 Å². The van der Waals surface area contributed by atoms with E-state index in [9.17, 15) is 8.42 Å². The molecule has 1 aromatic carbocycles. The third kappa shape index (κ3) is 1.73. The fraction of sp³-hybridized carbons (Fsp3) is 0.364. The number of aromatic nitrogens is 1. The molecular formula is C11H12N2O3S. The average molecular weight is 252 g/mol. The second-order valence-corrected chi connectivity index (χ2v) is 6.59. The Balaban J connectivity index is 2.17. The van der Waals surface area contributed by atoms with E-state index >= 15 is 0 Å². The summed E-state index contributed by atoms with van der Waals surface area (Å²) in [5.41, 5.74) is 6.66. The summed E-state index contributed by atoms with van der Waals surface area (Å²) >= 11 is 0. The van der Waals surface area contributed by atoms with E-state index in [1.807, 2.05) is 0 Å². The lowest BCUT2D eigenvalue weighted by molar-refractivity contribution is 0.465. The number of nitrogens with two attached hydrogens (primary N) is 1. The zero-order valence-corrected chi connectivity index (χ0v) is 10.1. The smallest absolute Gasteiger partial charge is 0.215 e. The number of nitrogens with zero attached hydrogens (tertiary/aromatic N) is 1. The molecule has 1 aliphatic rings. The molecule has 0 spiro atoms. The molecule has 2 N–H and O–H groups in total. The van der Waals surface area contributed by atoms with E-state index in [1.54, 1.807) is 6.07 Å². The Morgan fingerprint density at radius 1 is 1.41 bits per heavy atom. The third-order valence-corrected chi connectivity index (χ3v) is 4.11. The maximum Gasteiger partial charge on any atom is 0.215 e. The van der Waals surface area contributed by atoms with Gasteiger partial charge in [0, 0.05) is 6.26 Å². The number of sulfone groups is 1. The molecule has 0 saturated heterocycles. The molecule has 1 aromatic heterocycles. The van der Waals surface area contributed by atoms with Crippen LogP contribution in [0.5, 0.6) is 0 Å². The van der Waals surface area contributed by atoms with Gasteiger partial charge in [0.15, 0.2) is 15.4 Å². The van der Waals surface area contributed by atoms with Crippen molar-refractivity contribution in [3.8, 4) is 0 Å². The summed E-state index contributed by atoms with van der Waals surface area (Å²) in [6, 6.07) is 4.65. The zero-order chi connectivity index (χ0) is 12.3. The molecule has 0 atom stereocenters. The Morgan fingerprint density at radius 2 is 2.12 bits per heavy atom. The van der Waals surface area contributed by atoms with Gasteiger partial charge in [0.1, 0.15) is 5.52 Å². The summed E-state index contributed by atoms with van der Waals surface area (Å²) in [5, 5.41) is 0. The number of benzene rings is 1. The first-order valence-electron chi connectivity index (χ1n) is 5.28. The lowest BCUT2D eigenvalue weighted by Gasteiger charge is -1.99. The first kappa shape index (κ1) is 10.7. The van der Waals surface area contributed by atoms with Crippen LogP contribution < -0.4 is 5.73 Å². The summed E-state index contributed by atoms with van der Waals surface area (Å²) in [6.07, 6.45) is 2.89. The molecule has 3 rings (SSSR count). The van der Waals surface area contributed by atoms with Crippen molar-refractivity contribution in [2.24, 2.45) is 5.73 Å². The van der Waals surface area contributed by atoms with Gasteiger partial charge in [-0.05, 0) is 31.0 Å². The third-order valence-electron chi connectivity index (χ3n) is 3.00. The molecule has 0 aliphatic heterocycles. The Bertz CT molecular complexity index is 699. The standard InChI is InChI=1S/C11H12N2O3S/c1-17(14,15)7-2-3-9-8(6-7)13-10(16-9)11(12)4-5-11/h2-3,6H,4-5,12H2,1H3. The Hall–Kier alpha value is -1.40. The quantitative estimate of drug-likeness (QED) is 0.867. The second-order valence-electron chi connectivity index (χ2n) is 4.58. The highest BCUT2D eigenvalue weighted by atomic mass is 32.2. The number of hydrogen-bond donors (Lipinski definition) is 1. The van der Waals surface area contributed by atoms with Crippen LogP contribution in [-0.2, 0) is 15.4 Å².